The Labute approximate surface area is 253 Å². The summed E-state index contributed by atoms with van der Waals surface area (Å²) in [6.07, 6.45) is 0. The maximum atomic E-state index is 9.21. The average Bonchev–Trinajstić information content (AvgIpc) is 3.00. The van der Waals surface area contributed by atoms with Gasteiger partial charge in [-0.05, 0) is 63.0 Å². The number of nitrogens with zero attached hydrogens (tertiary/aromatic N) is 1. The predicted octanol–water partition coefficient (Wildman–Crippen LogP) is 6.90. The molecular weight excluding hydrogens is 608 g/mol. The van der Waals surface area contributed by atoms with E-state index in [1.165, 1.54) is 0 Å². The summed E-state index contributed by atoms with van der Waals surface area (Å²) in [4.78, 5) is 0. The van der Waals surface area contributed by atoms with E-state index in [1.54, 1.807) is 38.5 Å². The zero-order valence-electron chi connectivity index (χ0n) is 22.7. The van der Waals surface area contributed by atoms with E-state index in [0.29, 0.717) is 46.7 Å². The van der Waals surface area contributed by atoms with Gasteiger partial charge in [0.2, 0.25) is 0 Å². The number of methoxy groups -OCH3 is 2. The number of nitrogens with one attached hydrogen (secondary N) is 1. The summed E-state index contributed by atoms with van der Waals surface area (Å²) in [6, 6.07) is 24.7. The molecule has 4 aromatic carbocycles. The molecule has 4 rings (SSSR count). The van der Waals surface area contributed by atoms with Crippen molar-refractivity contribution >= 4 is 27.5 Å². The van der Waals surface area contributed by atoms with E-state index in [9.17, 15) is 10.4 Å². The summed E-state index contributed by atoms with van der Waals surface area (Å²) in [6.45, 7) is 1.43. The van der Waals surface area contributed by atoms with Crippen LogP contribution in [0.25, 0.3) is 11.1 Å². The second-order valence-electron chi connectivity index (χ2n) is 9.03. The molecule has 2 N–H and O–H groups in total. The first-order valence-corrected chi connectivity index (χ1v) is 14.0. The van der Waals surface area contributed by atoms with Crippen molar-refractivity contribution in [3.05, 3.63) is 105 Å². The fourth-order valence-corrected chi connectivity index (χ4v) is 5.07. The number of ether oxygens (including phenoxy) is 4. The van der Waals surface area contributed by atoms with Gasteiger partial charge in [-0.1, -0.05) is 48.0 Å². The molecule has 7 nitrogen and oxygen atoms in total. The Morgan fingerprint density at radius 2 is 1.63 bits per heavy atom. The molecular formula is C32H30BrClN2O5. The fourth-order valence-electron chi connectivity index (χ4n) is 4.23. The van der Waals surface area contributed by atoms with E-state index in [0.717, 1.165) is 32.3 Å². The smallest absolute Gasteiger partial charge is 0.161 e. The molecule has 0 radical (unpaired) electrons. The van der Waals surface area contributed by atoms with E-state index in [4.69, 9.17) is 30.5 Å². The largest absolute Gasteiger partial charge is 0.493 e. The molecule has 9 heteroatoms. The molecule has 41 heavy (non-hydrogen) atoms. The summed E-state index contributed by atoms with van der Waals surface area (Å²) in [5.74, 6) is 2.37. The van der Waals surface area contributed by atoms with Gasteiger partial charge in [0.05, 0.1) is 37.5 Å². The van der Waals surface area contributed by atoms with E-state index in [-0.39, 0.29) is 19.8 Å². The van der Waals surface area contributed by atoms with Gasteiger partial charge < -0.3 is 29.4 Å². The van der Waals surface area contributed by atoms with E-state index < -0.39 is 0 Å². The minimum absolute atomic E-state index is 0.0172. The first-order chi connectivity index (χ1) is 20.0. The van der Waals surface area contributed by atoms with Gasteiger partial charge in [-0.3, -0.25) is 0 Å². The number of halogens is 2. The van der Waals surface area contributed by atoms with Crippen LogP contribution in [0, 0.1) is 11.3 Å². The zero-order chi connectivity index (χ0) is 29.2. The number of hydrogen-bond donors (Lipinski definition) is 2. The second-order valence-corrected chi connectivity index (χ2v) is 10.2. The summed E-state index contributed by atoms with van der Waals surface area (Å²) in [5.41, 5.74) is 5.13. The number of hydrogen-bond acceptors (Lipinski definition) is 7. The van der Waals surface area contributed by atoms with Crippen molar-refractivity contribution in [2.24, 2.45) is 0 Å². The van der Waals surface area contributed by atoms with E-state index in [1.807, 2.05) is 48.5 Å². The second kappa shape index (κ2) is 14.8. The van der Waals surface area contributed by atoms with Crippen molar-refractivity contribution in [1.29, 1.82) is 5.26 Å². The van der Waals surface area contributed by atoms with Crippen LogP contribution in [-0.2, 0) is 19.8 Å². The van der Waals surface area contributed by atoms with Gasteiger partial charge in [0.1, 0.15) is 24.7 Å². The van der Waals surface area contributed by atoms with E-state index >= 15 is 0 Å². The maximum absolute atomic E-state index is 9.21. The van der Waals surface area contributed by atoms with Crippen LogP contribution in [0.5, 0.6) is 23.0 Å². The number of nitriles is 1. The van der Waals surface area contributed by atoms with Gasteiger partial charge in [-0.2, -0.15) is 5.26 Å². The third-order valence-electron chi connectivity index (χ3n) is 6.33. The molecule has 4 aromatic rings. The molecule has 0 spiro atoms. The Kier molecular flexibility index (Phi) is 10.9. The Morgan fingerprint density at radius 3 is 2.39 bits per heavy atom. The number of rotatable bonds is 13. The molecule has 0 saturated heterocycles. The monoisotopic (exact) mass is 636 g/mol. The van der Waals surface area contributed by atoms with Crippen molar-refractivity contribution < 1.29 is 24.1 Å². The molecule has 0 aromatic heterocycles. The molecule has 0 bridgehead atoms. The fraction of sp³-hybridized carbons (Fsp3) is 0.219. The molecule has 0 atom stereocenters. The maximum Gasteiger partial charge on any atom is 0.161 e. The van der Waals surface area contributed by atoms with Crippen LogP contribution in [0.15, 0.2) is 77.3 Å². The quantitative estimate of drug-likeness (QED) is 0.154. The summed E-state index contributed by atoms with van der Waals surface area (Å²) < 4.78 is 24.1. The normalized spacial score (nSPS) is 10.6. The Balaban J connectivity index is 1.56. The molecule has 212 valence electrons. The summed E-state index contributed by atoms with van der Waals surface area (Å²) in [7, 11) is 3.22. The van der Waals surface area contributed by atoms with Crippen molar-refractivity contribution in [3.63, 3.8) is 0 Å². The minimum Gasteiger partial charge on any atom is -0.493 e. The number of aliphatic hydroxyl groups is 1. The van der Waals surface area contributed by atoms with Gasteiger partial charge in [0.25, 0.3) is 0 Å². The van der Waals surface area contributed by atoms with Crippen molar-refractivity contribution in [3.8, 4) is 40.2 Å². The van der Waals surface area contributed by atoms with Crippen LogP contribution in [0.4, 0.5) is 0 Å². The van der Waals surface area contributed by atoms with Gasteiger partial charge in [-0.25, -0.2) is 0 Å². The Hall–Kier alpha value is -3.74. The standard InChI is InChI=1S/C32H30BrClN2O5/c1-38-28-10-9-23(15-31(28)39-2)26-8-4-7-24(32(26)33)20-41-30-16-29(25(14-27(30)34)18-36-11-12-37)40-19-22-6-3-5-21(13-22)17-35/h3-10,13-16,36-37H,11-12,18-20H2,1-2H3. The lowest BCUT2D eigenvalue weighted by Crippen LogP contribution is -2.18. The SMILES string of the molecule is COc1ccc(-c2cccc(COc3cc(OCc4cccc(C#N)c4)c(CNCCO)cc3Cl)c2Br)cc1OC. The van der Waals surface area contributed by atoms with Gasteiger partial charge in [-0.15, -0.1) is 0 Å². The topological polar surface area (TPSA) is 93.0 Å². The lowest BCUT2D eigenvalue weighted by Gasteiger charge is -2.17. The van der Waals surface area contributed by atoms with Crippen LogP contribution < -0.4 is 24.3 Å². The van der Waals surface area contributed by atoms with Gasteiger partial charge in [0, 0.05) is 34.8 Å². The van der Waals surface area contributed by atoms with Crippen LogP contribution in [-0.4, -0.2) is 32.5 Å². The van der Waals surface area contributed by atoms with Crippen LogP contribution in [0.3, 0.4) is 0 Å². The Bertz CT molecular complexity index is 1540. The van der Waals surface area contributed by atoms with Crippen LogP contribution in [0.2, 0.25) is 5.02 Å². The summed E-state index contributed by atoms with van der Waals surface area (Å²) in [5, 5.41) is 22.0. The van der Waals surface area contributed by atoms with E-state index in [2.05, 4.69) is 27.3 Å². The molecule has 0 heterocycles. The average molecular weight is 638 g/mol. The zero-order valence-corrected chi connectivity index (χ0v) is 25.1. The van der Waals surface area contributed by atoms with Crippen molar-refractivity contribution in [2.45, 2.75) is 19.8 Å². The molecule has 0 unspecified atom stereocenters. The third kappa shape index (κ3) is 7.72. The van der Waals surface area contributed by atoms with Gasteiger partial charge in [0.15, 0.2) is 11.5 Å². The summed E-state index contributed by atoms with van der Waals surface area (Å²) >= 11 is 10.4. The van der Waals surface area contributed by atoms with Crippen molar-refractivity contribution in [1.82, 2.24) is 5.32 Å². The van der Waals surface area contributed by atoms with Crippen LogP contribution in [0.1, 0.15) is 22.3 Å². The van der Waals surface area contributed by atoms with Crippen LogP contribution >= 0.6 is 27.5 Å². The highest BCUT2D eigenvalue weighted by atomic mass is 79.9. The highest BCUT2D eigenvalue weighted by Crippen LogP contribution is 2.38. The molecule has 0 saturated carbocycles. The van der Waals surface area contributed by atoms with Crippen molar-refractivity contribution in [2.75, 3.05) is 27.4 Å². The highest BCUT2D eigenvalue weighted by molar-refractivity contribution is 9.10. The first kappa shape index (κ1) is 30.2. The molecule has 0 aliphatic heterocycles. The highest BCUT2D eigenvalue weighted by Gasteiger charge is 2.15. The van der Waals surface area contributed by atoms with Gasteiger partial charge >= 0.3 is 0 Å². The minimum atomic E-state index is 0.0172. The first-order valence-electron chi connectivity index (χ1n) is 12.9. The third-order valence-corrected chi connectivity index (χ3v) is 7.56. The number of aliphatic hydroxyl groups excluding tert-OH is 1. The lowest BCUT2D eigenvalue weighted by atomic mass is 10.0. The molecule has 0 fully saturated rings. The number of benzene rings is 4. The Morgan fingerprint density at radius 1 is 0.854 bits per heavy atom. The molecule has 0 amide bonds. The lowest BCUT2D eigenvalue weighted by molar-refractivity contribution is 0.282. The molecule has 0 aliphatic carbocycles. The molecule has 0 aliphatic rings. The predicted molar refractivity (Wildman–Crippen MR) is 163 cm³/mol.